The van der Waals surface area contributed by atoms with E-state index in [0.29, 0.717) is 10.5 Å². The van der Waals surface area contributed by atoms with E-state index in [1.54, 1.807) is 31.2 Å². The lowest BCUT2D eigenvalue weighted by atomic mass is 10.1. The second-order valence-electron chi connectivity index (χ2n) is 5.55. The molecule has 0 bridgehead atoms. The van der Waals surface area contributed by atoms with E-state index in [0.717, 1.165) is 5.56 Å². The number of carbonyl (C=O) groups excluding carboxylic acids is 2. The zero-order valence-corrected chi connectivity index (χ0v) is 14.8. The standard InChI is InChI=1S/C18H19NO4S/c1-12-8-10-15(11-9-12)24(4,22)19-18(21)17-13(2)6-5-7-16(17)23-14(3)20/h5-11H,1-4H3. The van der Waals surface area contributed by atoms with Crippen molar-refractivity contribution in [2.75, 3.05) is 6.26 Å². The molecule has 5 nitrogen and oxygen atoms in total. The Morgan fingerprint density at radius 3 is 2.25 bits per heavy atom. The van der Waals surface area contributed by atoms with Crippen LogP contribution in [0.15, 0.2) is 51.7 Å². The van der Waals surface area contributed by atoms with Gasteiger partial charge in [0.15, 0.2) is 0 Å². The Balaban J connectivity index is 2.51. The van der Waals surface area contributed by atoms with Crippen molar-refractivity contribution in [2.24, 2.45) is 4.36 Å². The van der Waals surface area contributed by atoms with Crippen LogP contribution >= 0.6 is 0 Å². The zero-order valence-electron chi connectivity index (χ0n) is 14.0. The van der Waals surface area contributed by atoms with Gasteiger partial charge in [0.25, 0.3) is 5.91 Å². The van der Waals surface area contributed by atoms with Crippen molar-refractivity contribution >= 4 is 21.6 Å². The first-order valence-corrected chi connectivity index (χ1v) is 9.24. The van der Waals surface area contributed by atoms with E-state index < -0.39 is 21.6 Å². The summed E-state index contributed by atoms with van der Waals surface area (Å²) >= 11 is 0. The Kier molecular flexibility index (Phi) is 5.19. The van der Waals surface area contributed by atoms with Gasteiger partial charge in [0.05, 0.1) is 15.3 Å². The Morgan fingerprint density at radius 2 is 1.67 bits per heavy atom. The molecule has 1 amide bonds. The van der Waals surface area contributed by atoms with Crippen LogP contribution in [0.4, 0.5) is 0 Å². The molecule has 1 unspecified atom stereocenters. The average molecular weight is 345 g/mol. The third kappa shape index (κ3) is 4.08. The first-order valence-electron chi connectivity index (χ1n) is 7.32. The number of rotatable bonds is 3. The van der Waals surface area contributed by atoms with E-state index in [1.165, 1.54) is 19.2 Å². The summed E-state index contributed by atoms with van der Waals surface area (Å²) in [6, 6.07) is 11.9. The van der Waals surface area contributed by atoms with Gasteiger partial charge in [0, 0.05) is 18.1 Å². The number of benzene rings is 2. The molecular weight excluding hydrogens is 326 g/mol. The lowest BCUT2D eigenvalue weighted by Gasteiger charge is -2.10. The maximum Gasteiger partial charge on any atom is 0.308 e. The molecule has 0 aliphatic rings. The number of hydrogen-bond acceptors (Lipinski definition) is 4. The third-order valence-corrected chi connectivity index (χ3v) is 5.08. The van der Waals surface area contributed by atoms with Crippen LogP contribution in [0.2, 0.25) is 0 Å². The summed E-state index contributed by atoms with van der Waals surface area (Å²) in [4.78, 5) is 24.3. The molecule has 0 aromatic heterocycles. The van der Waals surface area contributed by atoms with Crippen LogP contribution in [-0.4, -0.2) is 22.3 Å². The molecule has 24 heavy (non-hydrogen) atoms. The highest BCUT2D eigenvalue weighted by molar-refractivity contribution is 7.93. The number of esters is 1. The Hall–Kier alpha value is -2.47. The summed E-state index contributed by atoms with van der Waals surface area (Å²) in [6.45, 7) is 4.88. The number of nitrogens with zero attached hydrogens (tertiary/aromatic N) is 1. The summed E-state index contributed by atoms with van der Waals surface area (Å²) in [5.41, 5.74) is 1.77. The predicted molar refractivity (Wildman–Crippen MR) is 92.8 cm³/mol. The molecule has 2 aromatic rings. The maximum absolute atomic E-state index is 12.8. The highest BCUT2D eigenvalue weighted by Crippen LogP contribution is 2.24. The van der Waals surface area contributed by atoms with Crippen LogP contribution in [-0.2, 0) is 14.5 Å². The largest absolute Gasteiger partial charge is 0.426 e. The quantitative estimate of drug-likeness (QED) is 0.630. The minimum absolute atomic E-state index is 0.121. The molecule has 2 rings (SSSR count). The molecule has 0 N–H and O–H groups in total. The second-order valence-corrected chi connectivity index (χ2v) is 7.81. The van der Waals surface area contributed by atoms with Crippen molar-refractivity contribution in [3.05, 3.63) is 59.2 Å². The van der Waals surface area contributed by atoms with Crippen LogP contribution in [0.3, 0.4) is 0 Å². The van der Waals surface area contributed by atoms with Gasteiger partial charge >= 0.3 is 5.97 Å². The van der Waals surface area contributed by atoms with Gasteiger partial charge in [-0.15, -0.1) is 0 Å². The summed E-state index contributed by atoms with van der Waals surface area (Å²) in [5.74, 6) is -1.09. The monoisotopic (exact) mass is 345 g/mol. The van der Waals surface area contributed by atoms with Crippen molar-refractivity contribution in [1.29, 1.82) is 0 Å². The molecule has 0 saturated carbocycles. The van der Waals surface area contributed by atoms with Gasteiger partial charge in [0.2, 0.25) is 0 Å². The van der Waals surface area contributed by atoms with Gasteiger partial charge in [0.1, 0.15) is 5.75 Å². The van der Waals surface area contributed by atoms with E-state index >= 15 is 0 Å². The molecule has 0 radical (unpaired) electrons. The molecule has 1 atom stereocenters. The normalized spacial score (nSPS) is 13.0. The smallest absolute Gasteiger partial charge is 0.308 e. The summed E-state index contributed by atoms with van der Waals surface area (Å²) < 4.78 is 21.8. The number of aryl methyl sites for hydroxylation is 2. The van der Waals surface area contributed by atoms with Crippen LogP contribution in [0.1, 0.15) is 28.4 Å². The number of ether oxygens (including phenoxy) is 1. The Bertz CT molecular complexity index is 907. The van der Waals surface area contributed by atoms with Gasteiger partial charge in [-0.05, 0) is 37.6 Å². The minimum atomic E-state index is -2.90. The minimum Gasteiger partial charge on any atom is -0.426 e. The van der Waals surface area contributed by atoms with Crippen molar-refractivity contribution in [2.45, 2.75) is 25.7 Å². The lowest BCUT2D eigenvalue weighted by molar-refractivity contribution is -0.131. The van der Waals surface area contributed by atoms with E-state index in [2.05, 4.69) is 4.36 Å². The number of carbonyl (C=O) groups is 2. The number of hydrogen-bond donors (Lipinski definition) is 0. The molecule has 0 aliphatic carbocycles. The van der Waals surface area contributed by atoms with Crippen LogP contribution < -0.4 is 4.74 Å². The molecule has 0 spiro atoms. The van der Waals surface area contributed by atoms with Crippen molar-refractivity contribution in [3.8, 4) is 5.75 Å². The lowest BCUT2D eigenvalue weighted by Crippen LogP contribution is -2.10. The van der Waals surface area contributed by atoms with Crippen LogP contribution in [0.25, 0.3) is 0 Å². The molecule has 0 aliphatic heterocycles. The molecule has 0 saturated heterocycles. The Labute approximate surface area is 141 Å². The topological polar surface area (TPSA) is 72.8 Å². The van der Waals surface area contributed by atoms with Crippen molar-refractivity contribution in [3.63, 3.8) is 0 Å². The second kappa shape index (κ2) is 6.97. The number of amides is 1. The summed E-state index contributed by atoms with van der Waals surface area (Å²) in [5, 5.41) is 0. The van der Waals surface area contributed by atoms with Crippen LogP contribution in [0.5, 0.6) is 5.75 Å². The van der Waals surface area contributed by atoms with Crippen molar-refractivity contribution < 1.29 is 18.5 Å². The molecule has 126 valence electrons. The maximum atomic E-state index is 12.8. The van der Waals surface area contributed by atoms with E-state index in [-0.39, 0.29) is 11.3 Å². The van der Waals surface area contributed by atoms with Gasteiger partial charge in [-0.25, -0.2) is 4.21 Å². The van der Waals surface area contributed by atoms with Gasteiger partial charge in [-0.1, -0.05) is 29.8 Å². The van der Waals surface area contributed by atoms with E-state index in [9.17, 15) is 13.8 Å². The zero-order chi connectivity index (χ0) is 17.9. The van der Waals surface area contributed by atoms with E-state index in [1.807, 2.05) is 19.1 Å². The highest BCUT2D eigenvalue weighted by atomic mass is 32.2. The van der Waals surface area contributed by atoms with Crippen molar-refractivity contribution in [1.82, 2.24) is 0 Å². The first kappa shape index (κ1) is 17.9. The predicted octanol–water partition coefficient (Wildman–Crippen LogP) is 3.53. The fourth-order valence-electron chi connectivity index (χ4n) is 2.20. The average Bonchev–Trinajstić information content (AvgIpc) is 2.46. The highest BCUT2D eigenvalue weighted by Gasteiger charge is 2.18. The SMILES string of the molecule is CC(=O)Oc1cccc(C)c1C(=O)N=S(C)(=O)c1ccc(C)cc1. The molecule has 2 aromatic carbocycles. The van der Waals surface area contributed by atoms with Gasteiger partial charge < -0.3 is 4.74 Å². The molecule has 0 heterocycles. The third-order valence-electron chi connectivity index (χ3n) is 3.42. The van der Waals surface area contributed by atoms with Gasteiger partial charge in [-0.2, -0.15) is 4.36 Å². The molecular formula is C18H19NO4S. The first-order chi connectivity index (χ1) is 11.2. The fraction of sp³-hybridized carbons (Fsp3) is 0.222. The van der Waals surface area contributed by atoms with E-state index in [4.69, 9.17) is 4.74 Å². The summed E-state index contributed by atoms with van der Waals surface area (Å²) in [6.07, 6.45) is 1.42. The fourth-order valence-corrected chi connectivity index (χ4v) is 3.36. The summed E-state index contributed by atoms with van der Waals surface area (Å²) in [7, 11) is -2.90. The molecule has 6 heteroatoms. The molecule has 0 fully saturated rings. The van der Waals surface area contributed by atoms with Gasteiger partial charge in [-0.3, -0.25) is 9.59 Å². The van der Waals surface area contributed by atoms with Crippen LogP contribution in [0, 0.1) is 13.8 Å². The Morgan fingerprint density at radius 1 is 1.04 bits per heavy atom.